The van der Waals surface area contributed by atoms with Crippen molar-refractivity contribution in [1.29, 1.82) is 0 Å². The topological polar surface area (TPSA) is 71.5 Å². The van der Waals surface area contributed by atoms with Crippen LogP contribution in [0.4, 0.5) is 0 Å². The second-order valence-corrected chi connectivity index (χ2v) is 4.50. The highest BCUT2D eigenvalue weighted by molar-refractivity contribution is 5.47. The van der Waals surface area contributed by atoms with Gasteiger partial charge in [-0.15, -0.1) is 0 Å². The third-order valence-corrected chi connectivity index (χ3v) is 3.43. The molecule has 0 aliphatic rings. The van der Waals surface area contributed by atoms with Gasteiger partial charge in [-0.05, 0) is 19.1 Å². The Balaban J connectivity index is 2.49. The van der Waals surface area contributed by atoms with Gasteiger partial charge in [-0.1, -0.05) is 0 Å². The maximum atomic E-state index is 6.42. The Morgan fingerprint density at radius 1 is 1.14 bits per heavy atom. The molecule has 1 heterocycles. The van der Waals surface area contributed by atoms with Crippen LogP contribution in [0, 0.1) is 0 Å². The lowest BCUT2D eigenvalue weighted by atomic mass is 10.0. The minimum atomic E-state index is -0.400. The van der Waals surface area contributed by atoms with Crippen LogP contribution in [-0.2, 0) is 6.54 Å². The van der Waals surface area contributed by atoms with Crippen LogP contribution in [0.25, 0.3) is 0 Å². The summed E-state index contributed by atoms with van der Waals surface area (Å²) in [6, 6.07) is 5.17. The van der Waals surface area contributed by atoms with E-state index in [1.807, 2.05) is 29.8 Å². The maximum Gasteiger partial charge on any atom is 0.161 e. The summed E-state index contributed by atoms with van der Waals surface area (Å²) < 4.78 is 17.8. The van der Waals surface area contributed by atoms with Gasteiger partial charge in [0.05, 0.1) is 33.6 Å². The Kier molecular flexibility index (Phi) is 4.70. The molecule has 0 fully saturated rings. The van der Waals surface area contributed by atoms with Gasteiger partial charge in [-0.25, -0.2) is 0 Å². The fourth-order valence-electron chi connectivity index (χ4n) is 2.32. The molecule has 21 heavy (non-hydrogen) atoms. The number of nitrogens with two attached hydrogens (primary N) is 1. The molecule has 0 spiro atoms. The molecule has 1 aromatic heterocycles. The second kappa shape index (κ2) is 6.49. The number of ether oxygens (including phenoxy) is 3. The molecule has 2 rings (SSSR count). The molecule has 0 radical (unpaired) electrons. The van der Waals surface area contributed by atoms with Crippen molar-refractivity contribution in [2.24, 2.45) is 5.73 Å². The van der Waals surface area contributed by atoms with E-state index in [0.717, 1.165) is 17.0 Å². The van der Waals surface area contributed by atoms with E-state index in [1.54, 1.807) is 27.5 Å². The van der Waals surface area contributed by atoms with Crippen LogP contribution in [-0.4, -0.2) is 31.1 Å². The van der Waals surface area contributed by atoms with Gasteiger partial charge in [0.15, 0.2) is 5.75 Å². The quantitative estimate of drug-likeness (QED) is 0.881. The van der Waals surface area contributed by atoms with Gasteiger partial charge < -0.3 is 19.9 Å². The zero-order chi connectivity index (χ0) is 15.4. The van der Waals surface area contributed by atoms with Crippen molar-refractivity contribution < 1.29 is 14.2 Å². The van der Waals surface area contributed by atoms with E-state index in [2.05, 4.69) is 5.10 Å². The monoisotopic (exact) mass is 291 g/mol. The summed E-state index contributed by atoms with van der Waals surface area (Å²) in [5, 5.41) is 4.29. The standard InChI is InChI=1S/C15H21N3O3/c1-5-18-15(13(21-4)9-17-18)14(16)11-7-6-10(19-2)8-12(11)20-3/h6-9,14H,5,16H2,1-4H3. The van der Waals surface area contributed by atoms with Crippen molar-refractivity contribution in [1.82, 2.24) is 9.78 Å². The zero-order valence-electron chi connectivity index (χ0n) is 12.8. The number of hydrogen-bond acceptors (Lipinski definition) is 5. The molecule has 114 valence electrons. The highest BCUT2D eigenvalue weighted by Crippen LogP contribution is 2.35. The van der Waals surface area contributed by atoms with Gasteiger partial charge in [0.1, 0.15) is 17.2 Å². The molecule has 0 saturated carbocycles. The average Bonchev–Trinajstić information content (AvgIpc) is 2.96. The molecule has 6 nitrogen and oxygen atoms in total. The summed E-state index contributed by atoms with van der Waals surface area (Å²) in [6.07, 6.45) is 1.68. The van der Waals surface area contributed by atoms with Crippen molar-refractivity contribution in [3.8, 4) is 17.2 Å². The fraction of sp³-hybridized carbons (Fsp3) is 0.400. The number of hydrogen-bond donors (Lipinski definition) is 1. The molecular formula is C15H21N3O3. The summed E-state index contributed by atoms with van der Waals surface area (Å²) in [6.45, 7) is 2.72. The maximum absolute atomic E-state index is 6.42. The molecule has 1 atom stereocenters. The van der Waals surface area contributed by atoms with E-state index in [-0.39, 0.29) is 0 Å². The molecule has 2 aromatic rings. The molecule has 2 N–H and O–H groups in total. The zero-order valence-corrected chi connectivity index (χ0v) is 12.8. The molecule has 1 aromatic carbocycles. The molecule has 0 aliphatic heterocycles. The first-order valence-corrected chi connectivity index (χ1v) is 6.73. The van der Waals surface area contributed by atoms with E-state index in [0.29, 0.717) is 18.0 Å². The largest absolute Gasteiger partial charge is 0.497 e. The van der Waals surface area contributed by atoms with Gasteiger partial charge in [-0.2, -0.15) is 5.10 Å². The van der Waals surface area contributed by atoms with Crippen LogP contribution in [0.5, 0.6) is 17.2 Å². The summed E-state index contributed by atoms with van der Waals surface area (Å²) in [5.74, 6) is 2.06. The van der Waals surface area contributed by atoms with Crippen molar-refractivity contribution in [3.63, 3.8) is 0 Å². The number of nitrogens with zero attached hydrogens (tertiary/aromatic N) is 2. The van der Waals surface area contributed by atoms with Crippen LogP contribution in [0.15, 0.2) is 24.4 Å². The number of aryl methyl sites for hydroxylation is 1. The van der Waals surface area contributed by atoms with Crippen LogP contribution in [0.2, 0.25) is 0 Å². The van der Waals surface area contributed by atoms with E-state index in [4.69, 9.17) is 19.9 Å². The summed E-state index contributed by atoms with van der Waals surface area (Å²) >= 11 is 0. The van der Waals surface area contributed by atoms with E-state index in [1.165, 1.54) is 0 Å². The van der Waals surface area contributed by atoms with Crippen LogP contribution >= 0.6 is 0 Å². The van der Waals surface area contributed by atoms with Crippen molar-refractivity contribution in [3.05, 3.63) is 35.7 Å². The average molecular weight is 291 g/mol. The predicted octanol–water partition coefficient (Wildman–Crippen LogP) is 1.98. The van der Waals surface area contributed by atoms with E-state index >= 15 is 0 Å². The van der Waals surface area contributed by atoms with E-state index < -0.39 is 6.04 Å². The van der Waals surface area contributed by atoms with Crippen LogP contribution in [0.3, 0.4) is 0 Å². The first-order chi connectivity index (χ1) is 10.2. The molecule has 0 aliphatic carbocycles. The smallest absolute Gasteiger partial charge is 0.161 e. The minimum Gasteiger partial charge on any atom is -0.497 e. The van der Waals surface area contributed by atoms with Gasteiger partial charge in [0, 0.05) is 18.2 Å². The summed E-state index contributed by atoms with van der Waals surface area (Å²) in [5.41, 5.74) is 8.10. The van der Waals surface area contributed by atoms with Crippen molar-refractivity contribution in [2.75, 3.05) is 21.3 Å². The Hall–Kier alpha value is -2.21. The number of benzene rings is 1. The Labute approximate surface area is 124 Å². The summed E-state index contributed by atoms with van der Waals surface area (Å²) in [4.78, 5) is 0. The van der Waals surface area contributed by atoms with Gasteiger partial charge in [0.2, 0.25) is 0 Å². The predicted molar refractivity (Wildman–Crippen MR) is 80.0 cm³/mol. The molecule has 0 amide bonds. The molecule has 6 heteroatoms. The van der Waals surface area contributed by atoms with Crippen molar-refractivity contribution >= 4 is 0 Å². The van der Waals surface area contributed by atoms with Gasteiger partial charge in [-0.3, -0.25) is 4.68 Å². The first-order valence-electron chi connectivity index (χ1n) is 6.73. The SMILES string of the molecule is CCn1ncc(OC)c1C(N)c1ccc(OC)cc1OC. The van der Waals surface area contributed by atoms with Gasteiger partial charge >= 0.3 is 0 Å². The third kappa shape index (κ3) is 2.80. The highest BCUT2D eigenvalue weighted by atomic mass is 16.5. The lowest BCUT2D eigenvalue weighted by Crippen LogP contribution is -2.18. The number of aromatic nitrogens is 2. The lowest BCUT2D eigenvalue weighted by Gasteiger charge is -2.18. The van der Waals surface area contributed by atoms with Crippen LogP contribution < -0.4 is 19.9 Å². The molecule has 1 unspecified atom stereocenters. The van der Waals surface area contributed by atoms with Crippen LogP contribution in [0.1, 0.15) is 24.2 Å². The second-order valence-electron chi connectivity index (χ2n) is 4.50. The van der Waals surface area contributed by atoms with E-state index in [9.17, 15) is 0 Å². The minimum absolute atomic E-state index is 0.400. The summed E-state index contributed by atoms with van der Waals surface area (Å²) in [7, 11) is 4.83. The third-order valence-electron chi connectivity index (χ3n) is 3.43. The Morgan fingerprint density at radius 3 is 2.43 bits per heavy atom. The molecule has 0 bridgehead atoms. The Bertz CT molecular complexity index is 589. The van der Waals surface area contributed by atoms with Crippen molar-refractivity contribution in [2.45, 2.75) is 19.5 Å². The Morgan fingerprint density at radius 2 is 1.86 bits per heavy atom. The number of methoxy groups -OCH3 is 3. The number of rotatable bonds is 6. The normalized spacial score (nSPS) is 12.0. The van der Waals surface area contributed by atoms with Gasteiger partial charge in [0.25, 0.3) is 0 Å². The first kappa shape index (κ1) is 15.2. The molecule has 0 saturated heterocycles. The highest BCUT2D eigenvalue weighted by Gasteiger charge is 2.22. The molecular weight excluding hydrogens is 270 g/mol. The fourth-order valence-corrected chi connectivity index (χ4v) is 2.32. The lowest BCUT2D eigenvalue weighted by molar-refractivity contribution is 0.386.